The smallest absolute Gasteiger partial charge is 0.334 e. The van der Waals surface area contributed by atoms with Gasteiger partial charge in [0.25, 0.3) is 5.91 Å². The highest BCUT2D eigenvalue weighted by molar-refractivity contribution is 5.95. The van der Waals surface area contributed by atoms with Crippen molar-refractivity contribution in [2.45, 2.75) is 44.3 Å². The van der Waals surface area contributed by atoms with Gasteiger partial charge in [0.05, 0.1) is 6.07 Å². The van der Waals surface area contributed by atoms with Crippen molar-refractivity contribution in [3.05, 3.63) is 35.7 Å². The van der Waals surface area contributed by atoms with E-state index in [-0.39, 0.29) is 11.4 Å². The monoisotopic (exact) mass is 378 g/mol. The number of carbonyl (C=O) groups is 1. The van der Waals surface area contributed by atoms with E-state index in [0.717, 1.165) is 12.8 Å². The second-order valence-corrected chi connectivity index (χ2v) is 6.85. The molecule has 0 bridgehead atoms. The molecule has 1 N–H and O–H groups in total. The van der Waals surface area contributed by atoms with Crippen LogP contribution in [-0.2, 0) is 6.18 Å². The zero-order chi connectivity index (χ0) is 19.7. The second kappa shape index (κ2) is 7.02. The van der Waals surface area contributed by atoms with Crippen molar-refractivity contribution < 1.29 is 22.5 Å². The van der Waals surface area contributed by atoms with Crippen LogP contribution in [0.25, 0.3) is 11.4 Å². The molecule has 9 heteroatoms. The molecule has 1 aromatic carbocycles. The van der Waals surface area contributed by atoms with E-state index in [0.29, 0.717) is 24.3 Å². The van der Waals surface area contributed by atoms with E-state index < -0.39 is 23.5 Å². The molecular weight excluding hydrogens is 361 g/mol. The number of nitriles is 1. The summed E-state index contributed by atoms with van der Waals surface area (Å²) >= 11 is 0. The number of carbonyl (C=O) groups excluding carboxylic acids is 1. The van der Waals surface area contributed by atoms with Gasteiger partial charge in [-0.05, 0) is 37.3 Å². The molecule has 0 spiro atoms. The molecule has 2 aromatic rings. The van der Waals surface area contributed by atoms with Gasteiger partial charge >= 0.3 is 12.1 Å². The van der Waals surface area contributed by atoms with Crippen molar-refractivity contribution in [3.8, 4) is 17.5 Å². The van der Waals surface area contributed by atoms with Crippen LogP contribution in [0.3, 0.4) is 0 Å². The molecule has 1 aliphatic carbocycles. The van der Waals surface area contributed by atoms with E-state index >= 15 is 0 Å². The van der Waals surface area contributed by atoms with Crippen LogP contribution in [0.1, 0.15) is 48.9 Å². The Morgan fingerprint density at radius 2 is 2.07 bits per heavy atom. The molecule has 1 aliphatic rings. The van der Waals surface area contributed by atoms with Gasteiger partial charge in [-0.3, -0.25) is 4.79 Å². The summed E-state index contributed by atoms with van der Waals surface area (Å²) in [5.41, 5.74) is -0.305. The molecular formula is C18H17F3N4O2. The number of aromatic nitrogens is 2. The number of alkyl halides is 3. The van der Waals surface area contributed by atoms with Crippen LogP contribution in [-0.4, -0.2) is 21.6 Å². The Morgan fingerprint density at radius 1 is 1.37 bits per heavy atom. The van der Waals surface area contributed by atoms with Crippen molar-refractivity contribution in [2.24, 2.45) is 5.92 Å². The Labute approximate surface area is 153 Å². The molecule has 1 fully saturated rings. The summed E-state index contributed by atoms with van der Waals surface area (Å²) in [5.74, 6) is -1.70. The fourth-order valence-electron chi connectivity index (χ4n) is 3.31. The summed E-state index contributed by atoms with van der Waals surface area (Å²) in [6.45, 7) is 2.05. The van der Waals surface area contributed by atoms with E-state index in [2.05, 4.69) is 26.0 Å². The van der Waals surface area contributed by atoms with Crippen molar-refractivity contribution in [1.29, 1.82) is 5.26 Å². The van der Waals surface area contributed by atoms with Crippen LogP contribution in [0.2, 0.25) is 0 Å². The van der Waals surface area contributed by atoms with Gasteiger partial charge in [0.15, 0.2) is 0 Å². The zero-order valence-electron chi connectivity index (χ0n) is 14.5. The summed E-state index contributed by atoms with van der Waals surface area (Å²) in [7, 11) is 0. The molecule has 142 valence electrons. The van der Waals surface area contributed by atoms with Crippen molar-refractivity contribution in [2.75, 3.05) is 0 Å². The lowest BCUT2D eigenvalue weighted by atomic mass is 9.77. The van der Waals surface area contributed by atoms with Crippen LogP contribution >= 0.6 is 0 Å². The highest BCUT2D eigenvalue weighted by Crippen LogP contribution is 2.32. The fourth-order valence-corrected chi connectivity index (χ4v) is 3.31. The molecule has 0 saturated heterocycles. The number of benzene rings is 1. The maximum atomic E-state index is 12.5. The van der Waals surface area contributed by atoms with Gasteiger partial charge in [-0.15, -0.1) is 0 Å². The van der Waals surface area contributed by atoms with E-state index in [1.165, 1.54) is 24.3 Å². The lowest BCUT2D eigenvalue weighted by molar-refractivity contribution is -0.159. The first-order valence-electron chi connectivity index (χ1n) is 8.47. The van der Waals surface area contributed by atoms with Gasteiger partial charge < -0.3 is 9.84 Å². The molecule has 27 heavy (non-hydrogen) atoms. The minimum Gasteiger partial charge on any atom is -0.334 e. The maximum Gasteiger partial charge on any atom is 0.471 e. The largest absolute Gasteiger partial charge is 0.471 e. The summed E-state index contributed by atoms with van der Waals surface area (Å²) in [6, 6.07) is 8.00. The minimum atomic E-state index is -4.71. The molecule has 0 unspecified atom stereocenters. The van der Waals surface area contributed by atoms with E-state index in [9.17, 15) is 23.2 Å². The zero-order valence-corrected chi connectivity index (χ0v) is 14.5. The van der Waals surface area contributed by atoms with Crippen LogP contribution in [0.5, 0.6) is 0 Å². The lowest BCUT2D eigenvalue weighted by Gasteiger charge is -2.35. The number of hydrogen-bond donors (Lipinski definition) is 1. The fraction of sp³-hybridized carbons (Fsp3) is 0.444. The molecule has 2 atom stereocenters. The summed E-state index contributed by atoms with van der Waals surface area (Å²) in [5, 5.41) is 15.6. The molecule has 1 saturated carbocycles. The molecule has 0 aliphatic heterocycles. The first-order valence-corrected chi connectivity index (χ1v) is 8.47. The molecule has 1 heterocycles. The highest BCUT2D eigenvalue weighted by Gasteiger charge is 2.39. The SMILES string of the molecule is C[C@H]1CCC[C@](C#N)(NC(=O)c2ccc(-c3noc(C(F)(F)F)n3)cc2)C1. The minimum absolute atomic E-state index is 0.219. The normalized spacial score (nSPS) is 22.9. The topological polar surface area (TPSA) is 91.8 Å². The summed E-state index contributed by atoms with van der Waals surface area (Å²) in [4.78, 5) is 15.8. The summed E-state index contributed by atoms with van der Waals surface area (Å²) in [6.07, 6.45) is -1.63. The quantitative estimate of drug-likeness (QED) is 0.873. The van der Waals surface area contributed by atoms with E-state index in [1.807, 2.05) is 6.92 Å². The van der Waals surface area contributed by atoms with Gasteiger partial charge in [0.2, 0.25) is 5.82 Å². The number of nitrogens with zero attached hydrogens (tertiary/aromatic N) is 3. The Hall–Kier alpha value is -2.89. The lowest BCUT2D eigenvalue weighted by Crippen LogP contribution is -2.50. The van der Waals surface area contributed by atoms with E-state index in [1.54, 1.807) is 0 Å². The van der Waals surface area contributed by atoms with Crippen LogP contribution in [0.4, 0.5) is 13.2 Å². The van der Waals surface area contributed by atoms with Gasteiger partial charge in [0.1, 0.15) is 5.54 Å². The van der Waals surface area contributed by atoms with Gasteiger partial charge in [-0.2, -0.15) is 23.4 Å². The average Bonchev–Trinajstić information content (AvgIpc) is 3.12. The number of hydrogen-bond acceptors (Lipinski definition) is 5. The van der Waals surface area contributed by atoms with Crippen molar-refractivity contribution in [1.82, 2.24) is 15.5 Å². The van der Waals surface area contributed by atoms with E-state index in [4.69, 9.17) is 0 Å². The van der Waals surface area contributed by atoms with Crippen molar-refractivity contribution in [3.63, 3.8) is 0 Å². The third-order valence-corrected chi connectivity index (χ3v) is 4.64. The molecule has 1 aromatic heterocycles. The molecule has 3 rings (SSSR count). The Kier molecular flexibility index (Phi) is 4.91. The number of nitrogens with one attached hydrogen (secondary N) is 1. The number of halogens is 3. The van der Waals surface area contributed by atoms with Gasteiger partial charge in [0, 0.05) is 11.1 Å². The Morgan fingerprint density at radius 3 is 2.63 bits per heavy atom. The molecule has 0 radical (unpaired) electrons. The second-order valence-electron chi connectivity index (χ2n) is 6.85. The standard InChI is InChI=1S/C18H17F3N4O2/c1-11-3-2-8-17(9-11,10-22)24-15(26)13-6-4-12(5-7-13)14-23-16(27-25-14)18(19,20)21/h4-7,11H,2-3,8-9H2,1H3,(H,24,26)/t11-,17-/m0/s1. The summed E-state index contributed by atoms with van der Waals surface area (Å²) < 4.78 is 41.8. The predicted octanol–water partition coefficient (Wildman–Crippen LogP) is 3.96. The molecule has 6 nitrogen and oxygen atoms in total. The van der Waals surface area contributed by atoms with Crippen LogP contribution in [0, 0.1) is 17.2 Å². The predicted molar refractivity (Wildman–Crippen MR) is 88.2 cm³/mol. The maximum absolute atomic E-state index is 12.5. The first-order chi connectivity index (χ1) is 12.7. The third kappa shape index (κ3) is 4.10. The van der Waals surface area contributed by atoms with Gasteiger partial charge in [-0.25, -0.2) is 0 Å². The van der Waals surface area contributed by atoms with Crippen LogP contribution < -0.4 is 5.32 Å². The van der Waals surface area contributed by atoms with Crippen molar-refractivity contribution >= 4 is 5.91 Å². The molecule has 1 amide bonds. The first kappa shape index (κ1) is 18.9. The Bertz CT molecular complexity index is 870. The average molecular weight is 378 g/mol. The highest BCUT2D eigenvalue weighted by atomic mass is 19.4. The Balaban J connectivity index is 1.74. The third-order valence-electron chi connectivity index (χ3n) is 4.64. The van der Waals surface area contributed by atoms with Crippen LogP contribution in [0.15, 0.2) is 28.8 Å². The number of rotatable bonds is 3. The number of amides is 1. The van der Waals surface area contributed by atoms with Gasteiger partial charge in [-0.1, -0.05) is 30.6 Å².